The van der Waals surface area contributed by atoms with Gasteiger partial charge in [0.2, 0.25) is 5.91 Å². The molecule has 1 saturated heterocycles. The van der Waals surface area contributed by atoms with Crippen LogP contribution in [0.2, 0.25) is 0 Å². The van der Waals surface area contributed by atoms with E-state index in [2.05, 4.69) is 5.32 Å². The Labute approximate surface area is 125 Å². The molecule has 1 atom stereocenters. The SMILES string of the molecule is CC(=O)NCC1CCN(c2ccc(C(C)O)cc2F)CC1. The second-order valence-electron chi connectivity index (χ2n) is 5.75. The number of carbonyl (C=O) groups excluding carboxylic acids is 1. The standard InChI is InChI=1S/C16H23FN2O2/c1-11(20)14-3-4-16(15(17)9-14)19-7-5-13(6-8-19)10-18-12(2)21/h3-4,9,11,13,20H,5-8,10H2,1-2H3,(H,18,21). The fraction of sp³-hybridized carbons (Fsp3) is 0.562. The number of aliphatic hydroxyl groups excluding tert-OH is 1. The van der Waals surface area contributed by atoms with Gasteiger partial charge in [0.25, 0.3) is 0 Å². The van der Waals surface area contributed by atoms with Crippen molar-refractivity contribution in [1.29, 1.82) is 0 Å². The summed E-state index contributed by atoms with van der Waals surface area (Å²) in [5.74, 6) is 0.177. The molecule has 21 heavy (non-hydrogen) atoms. The molecule has 5 heteroatoms. The van der Waals surface area contributed by atoms with E-state index in [-0.39, 0.29) is 11.7 Å². The molecule has 116 valence electrons. The Bertz CT molecular complexity index is 497. The maximum atomic E-state index is 14.1. The second kappa shape index (κ2) is 6.89. The minimum atomic E-state index is -0.656. The molecule has 0 bridgehead atoms. The number of carbonyl (C=O) groups is 1. The van der Waals surface area contributed by atoms with Crippen molar-refractivity contribution in [1.82, 2.24) is 5.32 Å². The summed E-state index contributed by atoms with van der Waals surface area (Å²) in [6, 6.07) is 4.92. The van der Waals surface area contributed by atoms with Crippen molar-refractivity contribution >= 4 is 11.6 Å². The van der Waals surface area contributed by atoms with Gasteiger partial charge in [0, 0.05) is 26.6 Å². The van der Waals surface area contributed by atoms with Crippen LogP contribution >= 0.6 is 0 Å². The van der Waals surface area contributed by atoms with Gasteiger partial charge in [-0.25, -0.2) is 4.39 Å². The Morgan fingerprint density at radius 3 is 2.67 bits per heavy atom. The monoisotopic (exact) mass is 294 g/mol. The highest BCUT2D eigenvalue weighted by Crippen LogP contribution is 2.27. The van der Waals surface area contributed by atoms with Crippen molar-refractivity contribution in [3.63, 3.8) is 0 Å². The van der Waals surface area contributed by atoms with Gasteiger partial charge in [0.05, 0.1) is 11.8 Å². The lowest BCUT2D eigenvalue weighted by molar-refractivity contribution is -0.119. The molecule has 4 nitrogen and oxygen atoms in total. The molecule has 1 aliphatic rings. The molecule has 2 rings (SSSR count). The van der Waals surface area contributed by atoms with Crippen molar-refractivity contribution in [3.8, 4) is 0 Å². The quantitative estimate of drug-likeness (QED) is 0.895. The normalized spacial score (nSPS) is 17.6. The van der Waals surface area contributed by atoms with Crippen molar-refractivity contribution in [2.24, 2.45) is 5.92 Å². The smallest absolute Gasteiger partial charge is 0.216 e. The summed E-state index contributed by atoms with van der Waals surface area (Å²) in [5.41, 5.74) is 1.19. The van der Waals surface area contributed by atoms with Crippen molar-refractivity contribution in [2.45, 2.75) is 32.8 Å². The number of hydrogen-bond acceptors (Lipinski definition) is 3. The maximum Gasteiger partial charge on any atom is 0.216 e. The first-order valence-corrected chi connectivity index (χ1v) is 7.44. The zero-order valence-electron chi connectivity index (χ0n) is 12.6. The number of rotatable bonds is 4. The van der Waals surface area contributed by atoms with E-state index in [1.54, 1.807) is 19.1 Å². The fourth-order valence-corrected chi connectivity index (χ4v) is 2.71. The van der Waals surface area contributed by atoms with Crippen LogP contribution in [0.3, 0.4) is 0 Å². The summed E-state index contributed by atoms with van der Waals surface area (Å²) in [5, 5.41) is 12.3. The highest BCUT2D eigenvalue weighted by Gasteiger charge is 2.21. The number of benzene rings is 1. The lowest BCUT2D eigenvalue weighted by Crippen LogP contribution is -2.38. The molecule has 1 heterocycles. The number of amides is 1. The van der Waals surface area contributed by atoms with Gasteiger partial charge in [-0.15, -0.1) is 0 Å². The largest absolute Gasteiger partial charge is 0.389 e. The van der Waals surface area contributed by atoms with E-state index in [0.717, 1.165) is 25.9 Å². The summed E-state index contributed by atoms with van der Waals surface area (Å²) in [6.07, 6.45) is 1.23. The first-order valence-electron chi connectivity index (χ1n) is 7.44. The first kappa shape index (κ1) is 15.8. The third-order valence-corrected chi connectivity index (χ3v) is 4.05. The summed E-state index contributed by atoms with van der Waals surface area (Å²) in [4.78, 5) is 12.9. The summed E-state index contributed by atoms with van der Waals surface area (Å²) in [7, 11) is 0. The molecule has 1 fully saturated rings. The van der Waals surface area contributed by atoms with Crippen molar-refractivity contribution in [2.75, 3.05) is 24.5 Å². The number of anilines is 1. The molecule has 1 aromatic carbocycles. The number of piperidine rings is 1. The predicted molar refractivity (Wildman–Crippen MR) is 80.7 cm³/mol. The number of halogens is 1. The van der Waals surface area contributed by atoms with Gasteiger partial charge in [-0.2, -0.15) is 0 Å². The lowest BCUT2D eigenvalue weighted by atomic mass is 9.96. The number of hydrogen-bond donors (Lipinski definition) is 2. The third-order valence-electron chi connectivity index (χ3n) is 4.05. The van der Waals surface area contributed by atoms with Gasteiger partial charge in [0.15, 0.2) is 0 Å². The van der Waals surface area contributed by atoms with E-state index < -0.39 is 6.10 Å². The molecule has 1 amide bonds. The average Bonchev–Trinajstić information content (AvgIpc) is 2.45. The molecule has 2 N–H and O–H groups in total. The number of nitrogens with zero attached hydrogens (tertiary/aromatic N) is 1. The number of aliphatic hydroxyl groups is 1. The molecule has 0 spiro atoms. The summed E-state index contributed by atoms with van der Waals surface area (Å²) < 4.78 is 14.1. The first-order chi connectivity index (χ1) is 9.97. The predicted octanol–water partition coefficient (Wildman–Crippen LogP) is 2.23. The molecule has 0 aromatic heterocycles. The molecular weight excluding hydrogens is 271 g/mol. The minimum absolute atomic E-state index is 0.00261. The van der Waals surface area contributed by atoms with Gasteiger partial charge < -0.3 is 15.3 Å². The van der Waals surface area contributed by atoms with E-state index in [9.17, 15) is 14.3 Å². The van der Waals surface area contributed by atoms with Crippen LogP contribution in [-0.2, 0) is 4.79 Å². The average molecular weight is 294 g/mol. The van der Waals surface area contributed by atoms with Crippen LogP contribution in [0, 0.1) is 11.7 Å². The van der Waals surface area contributed by atoms with Crippen molar-refractivity contribution in [3.05, 3.63) is 29.6 Å². The number of nitrogens with one attached hydrogen (secondary N) is 1. The van der Waals surface area contributed by atoms with Crippen LogP contribution < -0.4 is 10.2 Å². The minimum Gasteiger partial charge on any atom is -0.389 e. The lowest BCUT2D eigenvalue weighted by Gasteiger charge is -2.34. The van der Waals surface area contributed by atoms with E-state index in [1.807, 2.05) is 4.90 Å². The highest BCUT2D eigenvalue weighted by molar-refractivity contribution is 5.72. The Kier molecular flexibility index (Phi) is 5.17. The van der Waals surface area contributed by atoms with Crippen molar-refractivity contribution < 1.29 is 14.3 Å². The molecule has 0 radical (unpaired) electrons. The van der Waals surface area contributed by atoms with Gasteiger partial charge in [-0.05, 0) is 43.4 Å². The van der Waals surface area contributed by atoms with Crippen LogP contribution in [0.5, 0.6) is 0 Å². The van der Waals surface area contributed by atoms with Crippen LogP contribution in [0.15, 0.2) is 18.2 Å². The maximum absolute atomic E-state index is 14.1. The van der Waals surface area contributed by atoms with Crippen LogP contribution in [-0.4, -0.2) is 30.6 Å². The Morgan fingerprint density at radius 2 is 2.14 bits per heavy atom. The zero-order chi connectivity index (χ0) is 15.4. The second-order valence-corrected chi connectivity index (χ2v) is 5.75. The third kappa shape index (κ3) is 4.17. The van der Waals surface area contributed by atoms with Gasteiger partial charge in [-0.1, -0.05) is 6.07 Å². The Morgan fingerprint density at radius 1 is 1.48 bits per heavy atom. The molecule has 1 aromatic rings. The molecule has 0 saturated carbocycles. The van der Waals surface area contributed by atoms with Crippen LogP contribution in [0.1, 0.15) is 38.4 Å². The zero-order valence-corrected chi connectivity index (χ0v) is 12.6. The van der Waals surface area contributed by atoms with E-state index in [1.165, 1.54) is 13.0 Å². The summed E-state index contributed by atoms with van der Waals surface area (Å²) in [6.45, 7) is 5.42. The summed E-state index contributed by atoms with van der Waals surface area (Å²) >= 11 is 0. The van der Waals surface area contributed by atoms with E-state index in [0.29, 0.717) is 23.7 Å². The van der Waals surface area contributed by atoms with Gasteiger partial charge in [-0.3, -0.25) is 4.79 Å². The topological polar surface area (TPSA) is 52.6 Å². The van der Waals surface area contributed by atoms with Crippen LogP contribution in [0.4, 0.5) is 10.1 Å². The van der Waals surface area contributed by atoms with Crippen LogP contribution in [0.25, 0.3) is 0 Å². The van der Waals surface area contributed by atoms with Gasteiger partial charge >= 0.3 is 0 Å². The van der Waals surface area contributed by atoms with E-state index >= 15 is 0 Å². The van der Waals surface area contributed by atoms with Gasteiger partial charge in [0.1, 0.15) is 5.82 Å². The Balaban J connectivity index is 1.94. The molecular formula is C16H23FN2O2. The highest BCUT2D eigenvalue weighted by atomic mass is 19.1. The molecule has 0 aliphatic carbocycles. The van der Waals surface area contributed by atoms with E-state index in [4.69, 9.17) is 0 Å². The molecule has 1 unspecified atom stereocenters. The Hall–Kier alpha value is -1.62. The molecule has 1 aliphatic heterocycles. The fourth-order valence-electron chi connectivity index (χ4n) is 2.71.